The average molecular weight is 310 g/mol. The summed E-state index contributed by atoms with van der Waals surface area (Å²) in [6.07, 6.45) is 1.86. The van der Waals surface area contributed by atoms with Gasteiger partial charge in [0.05, 0.1) is 12.7 Å². The van der Waals surface area contributed by atoms with Gasteiger partial charge in [-0.25, -0.2) is 4.79 Å². The predicted octanol–water partition coefficient (Wildman–Crippen LogP) is 2.33. The quantitative estimate of drug-likeness (QED) is 0.897. The number of nitrogens with one attached hydrogen (secondary N) is 2. The van der Waals surface area contributed by atoms with Gasteiger partial charge in [-0.15, -0.1) is 11.3 Å². The second-order valence-electron chi connectivity index (χ2n) is 5.15. The number of thiophene rings is 1. The van der Waals surface area contributed by atoms with Crippen molar-refractivity contribution in [1.29, 1.82) is 0 Å². The Balaban J connectivity index is 2.31. The third-order valence-electron chi connectivity index (χ3n) is 3.31. The van der Waals surface area contributed by atoms with Crippen molar-refractivity contribution in [3.8, 4) is 0 Å². The molecule has 0 fully saturated rings. The van der Waals surface area contributed by atoms with Crippen molar-refractivity contribution in [2.75, 3.05) is 12.4 Å². The molecule has 1 aliphatic carbocycles. The third kappa shape index (κ3) is 3.24. The second kappa shape index (κ2) is 6.26. The lowest BCUT2D eigenvalue weighted by atomic mass is 10.1. The number of alkyl carbamates (subject to hydrolysis) is 1. The van der Waals surface area contributed by atoms with Gasteiger partial charge in [-0.05, 0) is 24.8 Å². The molecule has 21 heavy (non-hydrogen) atoms. The van der Waals surface area contributed by atoms with E-state index in [-0.39, 0.29) is 11.8 Å². The van der Waals surface area contributed by atoms with Gasteiger partial charge in [0.1, 0.15) is 5.00 Å². The minimum Gasteiger partial charge on any atom is -0.453 e. The molecule has 1 heterocycles. The van der Waals surface area contributed by atoms with Crippen LogP contribution >= 0.6 is 11.3 Å². The summed E-state index contributed by atoms with van der Waals surface area (Å²) in [5.74, 6) is -0.860. The first kappa shape index (κ1) is 15.5. The van der Waals surface area contributed by atoms with Crippen molar-refractivity contribution in [2.45, 2.75) is 33.1 Å². The van der Waals surface area contributed by atoms with E-state index in [4.69, 9.17) is 0 Å². The largest absolute Gasteiger partial charge is 0.453 e. The molecule has 0 unspecified atom stereocenters. The van der Waals surface area contributed by atoms with Crippen LogP contribution in [0.4, 0.5) is 9.80 Å². The van der Waals surface area contributed by atoms with E-state index < -0.39 is 12.0 Å². The van der Waals surface area contributed by atoms with Crippen molar-refractivity contribution in [2.24, 2.45) is 5.92 Å². The molecular formula is C14H18N2O4S. The van der Waals surface area contributed by atoms with Crippen molar-refractivity contribution >= 4 is 34.2 Å². The molecule has 1 aromatic heterocycles. The van der Waals surface area contributed by atoms with Crippen LogP contribution in [-0.2, 0) is 22.4 Å². The lowest BCUT2D eigenvalue weighted by Crippen LogP contribution is -2.31. The number of anilines is 1. The Morgan fingerprint density at radius 2 is 1.95 bits per heavy atom. The summed E-state index contributed by atoms with van der Waals surface area (Å²) in [6, 6.07) is 0. The molecule has 0 radical (unpaired) electrons. The topological polar surface area (TPSA) is 84.5 Å². The maximum absolute atomic E-state index is 12.3. The lowest BCUT2D eigenvalue weighted by molar-refractivity contribution is -0.118. The number of hydrogen-bond acceptors (Lipinski definition) is 5. The molecule has 0 saturated carbocycles. The molecule has 6 nitrogen and oxygen atoms in total. The van der Waals surface area contributed by atoms with Gasteiger partial charge in [-0.3, -0.25) is 14.9 Å². The number of ether oxygens (including phenoxy) is 1. The summed E-state index contributed by atoms with van der Waals surface area (Å²) < 4.78 is 4.44. The van der Waals surface area contributed by atoms with Crippen LogP contribution in [0.1, 0.15) is 41.1 Å². The molecule has 0 spiro atoms. The monoisotopic (exact) mass is 310 g/mol. The second-order valence-corrected chi connectivity index (χ2v) is 6.26. The van der Waals surface area contributed by atoms with Gasteiger partial charge in [0.2, 0.25) is 5.91 Å². The fourth-order valence-electron chi connectivity index (χ4n) is 2.19. The SMILES string of the molecule is COC(=O)NC(=O)c1c(NC(=O)C(C)C)sc2c1CCC2. The Bertz CT molecular complexity index is 592. The summed E-state index contributed by atoms with van der Waals surface area (Å²) in [4.78, 5) is 36.4. The molecule has 2 N–H and O–H groups in total. The van der Waals surface area contributed by atoms with Crippen LogP contribution < -0.4 is 10.6 Å². The summed E-state index contributed by atoms with van der Waals surface area (Å²) >= 11 is 1.41. The van der Waals surface area contributed by atoms with E-state index >= 15 is 0 Å². The fourth-order valence-corrected chi connectivity index (χ4v) is 3.48. The molecule has 3 amide bonds. The van der Waals surface area contributed by atoms with Crippen LogP contribution in [0.15, 0.2) is 0 Å². The van der Waals surface area contributed by atoms with Gasteiger partial charge >= 0.3 is 6.09 Å². The number of aryl methyl sites for hydroxylation is 1. The molecule has 0 atom stereocenters. The molecule has 1 aliphatic rings. The first-order valence-electron chi connectivity index (χ1n) is 6.78. The van der Waals surface area contributed by atoms with E-state index in [9.17, 15) is 14.4 Å². The van der Waals surface area contributed by atoms with Crippen molar-refractivity contribution in [3.05, 3.63) is 16.0 Å². The predicted molar refractivity (Wildman–Crippen MR) is 79.7 cm³/mol. The first-order chi connectivity index (χ1) is 9.93. The van der Waals surface area contributed by atoms with Crippen LogP contribution in [0.25, 0.3) is 0 Å². The fraction of sp³-hybridized carbons (Fsp3) is 0.500. The minimum absolute atomic E-state index is 0.151. The van der Waals surface area contributed by atoms with Gasteiger partial charge in [-0.1, -0.05) is 13.8 Å². The Morgan fingerprint density at radius 1 is 1.24 bits per heavy atom. The van der Waals surface area contributed by atoms with Crippen LogP contribution in [0.2, 0.25) is 0 Å². The number of carbonyl (C=O) groups is 3. The molecule has 7 heteroatoms. The van der Waals surface area contributed by atoms with Gasteiger partial charge in [0.15, 0.2) is 0 Å². The zero-order chi connectivity index (χ0) is 15.6. The molecule has 0 aromatic carbocycles. The number of rotatable bonds is 3. The van der Waals surface area contributed by atoms with E-state index in [2.05, 4.69) is 15.4 Å². The number of amides is 3. The molecule has 2 rings (SSSR count). The standard InChI is InChI=1S/C14H18N2O4S/c1-7(2)11(17)15-13-10(12(18)16-14(19)20-3)8-5-4-6-9(8)21-13/h7H,4-6H2,1-3H3,(H,15,17)(H,16,18,19). The van der Waals surface area contributed by atoms with Crippen LogP contribution in [0.3, 0.4) is 0 Å². The smallest absolute Gasteiger partial charge is 0.413 e. The number of fused-ring (bicyclic) bond motifs is 1. The molecule has 0 bridgehead atoms. The van der Waals surface area contributed by atoms with Crippen LogP contribution in [-0.4, -0.2) is 25.0 Å². The zero-order valence-corrected chi connectivity index (χ0v) is 13.1. The Kier molecular flexibility index (Phi) is 4.62. The van der Waals surface area contributed by atoms with E-state index in [0.717, 1.165) is 29.7 Å². The maximum Gasteiger partial charge on any atom is 0.413 e. The molecule has 114 valence electrons. The van der Waals surface area contributed by atoms with Crippen molar-refractivity contribution < 1.29 is 19.1 Å². The van der Waals surface area contributed by atoms with Gasteiger partial charge in [0.25, 0.3) is 5.91 Å². The summed E-state index contributed by atoms with van der Waals surface area (Å²) in [5.41, 5.74) is 1.33. The summed E-state index contributed by atoms with van der Waals surface area (Å²) in [6.45, 7) is 3.57. The summed E-state index contributed by atoms with van der Waals surface area (Å²) in [5, 5.41) is 5.45. The average Bonchev–Trinajstić information content (AvgIpc) is 2.98. The Hall–Kier alpha value is -1.89. The highest BCUT2D eigenvalue weighted by Crippen LogP contribution is 2.39. The minimum atomic E-state index is -0.806. The molecule has 0 saturated heterocycles. The molecular weight excluding hydrogens is 292 g/mol. The highest BCUT2D eigenvalue weighted by Gasteiger charge is 2.28. The van der Waals surface area contributed by atoms with Gasteiger partial charge in [0, 0.05) is 10.8 Å². The van der Waals surface area contributed by atoms with Crippen LogP contribution in [0, 0.1) is 5.92 Å². The van der Waals surface area contributed by atoms with E-state index in [1.165, 1.54) is 18.4 Å². The highest BCUT2D eigenvalue weighted by atomic mass is 32.1. The van der Waals surface area contributed by atoms with Crippen molar-refractivity contribution in [1.82, 2.24) is 5.32 Å². The van der Waals surface area contributed by atoms with E-state index in [1.54, 1.807) is 13.8 Å². The molecule has 0 aliphatic heterocycles. The van der Waals surface area contributed by atoms with Gasteiger partial charge < -0.3 is 10.1 Å². The Labute approximate surface area is 126 Å². The third-order valence-corrected chi connectivity index (χ3v) is 4.52. The van der Waals surface area contributed by atoms with E-state index in [0.29, 0.717) is 10.6 Å². The number of carbonyl (C=O) groups excluding carboxylic acids is 3. The van der Waals surface area contributed by atoms with E-state index in [1.807, 2.05) is 0 Å². The number of imide groups is 1. The zero-order valence-electron chi connectivity index (χ0n) is 12.2. The van der Waals surface area contributed by atoms with Gasteiger partial charge in [-0.2, -0.15) is 0 Å². The lowest BCUT2D eigenvalue weighted by Gasteiger charge is -2.09. The van der Waals surface area contributed by atoms with Crippen molar-refractivity contribution in [3.63, 3.8) is 0 Å². The maximum atomic E-state index is 12.3. The highest BCUT2D eigenvalue weighted by molar-refractivity contribution is 7.17. The molecule has 1 aromatic rings. The van der Waals surface area contributed by atoms with Crippen LogP contribution in [0.5, 0.6) is 0 Å². The first-order valence-corrected chi connectivity index (χ1v) is 7.60. The summed E-state index contributed by atoms with van der Waals surface area (Å²) in [7, 11) is 1.20. The Morgan fingerprint density at radius 3 is 2.57 bits per heavy atom. The number of hydrogen-bond donors (Lipinski definition) is 2. The normalized spacial score (nSPS) is 13.0. The number of methoxy groups -OCH3 is 1.